The third-order valence-corrected chi connectivity index (χ3v) is 3.70. The third kappa shape index (κ3) is 3.19. The SMILES string of the molecule is CNC1(ONC(=O)c2ccccc2)NC=CC=C1c1ccncc1. The quantitative estimate of drug-likeness (QED) is 0.578. The minimum Gasteiger partial charge on any atom is -0.346 e. The van der Waals surface area contributed by atoms with Crippen LogP contribution in [0.2, 0.25) is 0 Å². The van der Waals surface area contributed by atoms with E-state index in [1.54, 1.807) is 49.9 Å². The summed E-state index contributed by atoms with van der Waals surface area (Å²) in [5, 5.41) is 6.21. The van der Waals surface area contributed by atoms with E-state index in [1.807, 2.05) is 30.4 Å². The summed E-state index contributed by atoms with van der Waals surface area (Å²) in [6, 6.07) is 12.6. The highest BCUT2D eigenvalue weighted by Gasteiger charge is 2.36. The summed E-state index contributed by atoms with van der Waals surface area (Å²) in [5.74, 6) is -1.41. The largest absolute Gasteiger partial charge is 0.346 e. The molecule has 3 rings (SSSR count). The van der Waals surface area contributed by atoms with Gasteiger partial charge >= 0.3 is 0 Å². The van der Waals surface area contributed by atoms with Gasteiger partial charge in [-0.25, -0.2) is 10.3 Å². The van der Waals surface area contributed by atoms with Crippen LogP contribution in [0, 0.1) is 0 Å². The van der Waals surface area contributed by atoms with E-state index in [0.717, 1.165) is 11.1 Å². The van der Waals surface area contributed by atoms with Crippen molar-refractivity contribution < 1.29 is 9.63 Å². The Kier molecular flexibility index (Phi) is 4.69. The summed E-state index contributed by atoms with van der Waals surface area (Å²) < 4.78 is 0. The fourth-order valence-corrected chi connectivity index (χ4v) is 2.45. The zero-order valence-electron chi connectivity index (χ0n) is 13.2. The van der Waals surface area contributed by atoms with Crippen LogP contribution in [-0.2, 0) is 4.84 Å². The maximum atomic E-state index is 12.2. The Labute approximate surface area is 140 Å². The van der Waals surface area contributed by atoms with Gasteiger partial charge in [-0.3, -0.25) is 15.1 Å². The highest BCUT2D eigenvalue weighted by Crippen LogP contribution is 2.27. The van der Waals surface area contributed by atoms with E-state index in [2.05, 4.69) is 21.1 Å². The van der Waals surface area contributed by atoms with Crippen LogP contribution in [0.1, 0.15) is 15.9 Å². The Morgan fingerprint density at radius 2 is 1.92 bits per heavy atom. The molecule has 0 aliphatic carbocycles. The molecular weight excluding hydrogens is 304 g/mol. The van der Waals surface area contributed by atoms with Crippen LogP contribution in [0.25, 0.3) is 5.57 Å². The highest BCUT2D eigenvalue weighted by molar-refractivity contribution is 5.93. The smallest absolute Gasteiger partial charge is 0.274 e. The average Bonchev–Trinajstić information content (AvgIpc) is 2.67. The molecule has 1 aliphatic rings. The molecule has 2 heterocycles. The van der Waals surface area contributed by atoms with Crippen molar-refractivity contribution in [2.75, 3.05) is 7.05 Å². The van der Waals surface area contributed by atoms with E-state index < -0.39 is 5.85 Å². The van der Waals surface area contributed by atoms with Crippen molar-refractivity contribution in [3.05, 3.63) is 84.3 Å². The zero-order valence-corrected chi connectivity index (χ0v) is 13.2. The van der Waals surface area contributed by atoms with Gasteiger partial charge in [0.2, 0.25) is 5.85 Å². The number of nitrogens with one attached hydrogen (secondary N) is 3. The van der Waals surface area contributed by atoms with E-state index in [4.69, 9.17) is 4.84 Å². The third-order valence-electron chi connectivity index (χ3n) is 3.70. The topological polar surface area (TPSA) is 75.3 Å². The molecule has 3 N–H and O–H groups in total. The first-order chi connectivity index (χ1) is 11.7. The van der Waals surface area contributed by atoms with Crippen LogP contribution in [-0.4, -0.2) is 23.8 Å². The summed E-state index contributed by atoms with van der Waals surface area (Å²) in [6.45, 7) is 0. The van der Waals surface area contributed by atoms with Gasteiger partial charge in [0.15, 0.2) is 0 Å². The van der Waals surface area contributed by atoms with E-state index in [0.29, 0.717) is 5.56 Å². The van der Waals surface area contributed by atoms with Gasteiger partial charge in [-0.1, -0.05) is 24.3 Å². The van der Waals surface area contributed by atoms with Gasteiger partial charge < -0.3 is 5.32 Å². The lowest BCUT2D eigenvalue weighted by Gasteiger charge is -2.36. The Morgan fingerprint density at radius 3 is 2.62 bits per heavy atom. The van der Waals surface area contributed by atoms with Gasteiger partial charge in [0.1, 0.15) is 0 Å². The van der Waals surface area contributed by atoms with Gasteiger partial charge in [0.05, 0.1) is 0 Å². The summed E-state index contributed by atoms with van der Waals surface area (Å²) >= 11 is 0. The molecule has 1 unspecified atom stereocenters. The number of aromatic nitrogens is 1. The molecule has 0 radical (unpaired) electrons. The van der Waals surface area contributed by atoms with Crippen LogP contribution < -0.4 is 16.1 Å². The second-order valence-electron chi connectivity index (χ2n) is 5.15. The minimum atomic E-state index is -1.08. The van der Waals surface area contributed by atoms with Crippen LogP contribution >= 0.6 is 0 Å². The fraction of sp³-hybridized carbons (Fsp3) is 0.111. The molecule has 1 aromatic carbocycles. The fourth-order valence-electron chi connectivity index (χ4n) is 2.45. The van der Waals surface area contributed by atoms with Gasteiger partial charge in [-0.2, -0.15) is 0 Å². The summed E-state index contributed by atoms with van der Waals surface area (Å²) in [7, 11) is 1.75. The lowest BCUT2D eigenvalue weighted by Crippen LogP contribution is -2.60. The minimum absolute atomic E-state index is 0.323. The average molecular weight is 322 g/mol. The van der Waals surface area contributed by atoms with Crippen LogP contribution in [0.15, 0.2) is 73.2 Å². The number of hydrogen-bond donors (Lipinski definition) is 3. The molecule has 0 spiro atoms. The number of benzene rings is 1. The van der Waals surface area contributed by atoms with E-state index >= 15 is 0 Å². The number of carbonyl (C=O) groups is 1. The number of amides is 1. The van der Waals surface area contributed by atoms with Crippen molar-refractivity contribution >= 4 is 11.5 Å². The Hall–Kier alpha value is -2.96. The predicted octanol–water partition coefficient (Wildman–Crippen LogP) is 1.82. The van der Waals surface area contributed by atoms with Crippen molar-refractivity contribution in [2.24, 2.45) is 0 Å². The predicted molar refractivity (Wildman–Crippen MR) is 91.3 cm³/mol. The van der Waals surface area contributed by atoms with E-state index in [-0.39, 0.29) is 5.91 Å². The van der Waals surface area contributed by atoms with Crippen molar-refractivity contribution in [3.8, 4) is 0 Å². The van der Waals surface area contributed by atoms with Crippen molar-refractivity contribution in [2.45, 2.75) is 5.85 Å². The molecule has 0 fully saturated rings. The first-order valence-corrected chi connectivity index (χ1v) is 7.53. The Balaban J connectivity index is 1.82. The van der Waals surface area contributed by atoms with E-state index in [9.17, 15) is 4.79 Å². The molecule has 1 aliphatic heterocycles. The molecule has 6 heteroatoms. The highest BCUT2D eigenvalue weighted by atomic mass is 16.7. The summed E-state index contributed by atoms with van der Waals surface area (Å²) in [4.78, 5) is 22.0. The number of nitrogens with zero attached hydrogens (tertiary/aromatic N) is 1. The Bertz CT molecular complexity index is 759. The number of pyridine rings is 1. The lowest BCUT2D eigenvalue weighted by atomic mass is 9.99. The van der Waals surface area contributed by atoms with E-state index in [1.165, 1.54) is 0 Å². The molecule has 24 heavy (non-hydrogen) atoms. The van der Waals surface area contributed by atoms with Gasteiger partial charge in [0.25, 0.3) is 5.91 Å². The molecule has 1 amide bonds. The number of carbonyl (C=O) groups excluding carboxylic acids is 1. The first kappa shape index (κ1) is 15.9. The van der Waals surface area contributed by atoms with Crippen LogP contribution in [0.5, 0.6) is 0 Å². The number of allylic oxidation sites excluding steroid dienone is 2. The number of rotatable bonds is 5. The standard InChI is InChI=1S/C18H18N4O2/c1-19-18(24-22-17(23)15-6-3-2-4-7-15)16(8-5-11-21-18)14-9-12-20-13-10-14/h2-13,19,21H,1H3,(H,22,23). The molecule has 2 aromatic rings. The maximum Gasteiger partial charge on any atom is 0.274 e. The zero-order chi connectivity index (χ0) is 16.8. The second-order valence-corrected chi connectivity index (χ2v) is 5.15. The first-order valence-electron chi connectivity index (χ1n) is 7.53. The number of dihydropyridines is 1. The molecule has 1 aromatic heterocycles. The molecule has 122 valence electrons. The lowest BCUT2D eigenvalue weighted by molar-refractivity contribution is -0.0847. The molecule has 1 atom stereocenters. The molecular formula is C18H18N4O2. The van der Waals surface area contributed by atoms with Gasteiger partial charge in [-0.05, 0) is 43.0 Å². The van der Waals surface area contributed by atoms with Crippen molar-refractivity contribution in [1.82, 2.24) is 21.1 Å². The van der Waals surface area contributed by atoms with Crippen molar-refractivity contribution in [1.29, 1.82) is 0 Å². The molecule has 6 nitrogen and oxygen atoms in total. The maximum absolute atomic E-state index is 12.2. The van der Waals surface area contributed by atoms with Gasteiger partial charge in [0, 0.05) is 29.7 Å². The monoisotopic (exact) mass is 322 g/mol. The van der Waals surface area contributed by atoms with Crippen LogP contribution in [0.3, 0.4) is 0 Å². The second kappa shape index (κ2) is 7.08. The molecule has 0 bridgehead atoms. The number of hydroxylamine groups is 1. The number of likely N-dealkylation sites (N-methyl/N-ethyl adjacent to an activating group) is 1. The van der Waals surface area contributed by atoms with Gasteiger partial charge in [-0.15, -0.1) is 0 Å². The van der Waals surface area contributed by atoms with Crippen molar-refractivity contribution in [3.63, 3.8) is 0 Å². The molecule has 0 saturated carbocycles. The number of hydrogen-bond acceptors (Lipinski definition) is 5. The summed E-state index contributed by atoms with van der Waals surface area (Å²) in [6.07, 6.45) is 8.94. The summed E-state index contributed by atoms with van der Waals surface area (Å²) in [5.41, 5.74) is 4.77. The van der Waals surface area contributed by atoms with Crippen LogP contribution in [0.4, 0.5) is 0 Å². The molecule has 0 saturated heterocycles. The normalized spacial score (nSPS) is 19.3. The Morgan fingerprint density at radius 1 is 1.17 bits per heavy atom.